The molecular formula is C12H8BrFN2O. The van der Waals surface area contributed by atoms with Crippen LogP contribution in [-0.4, -0.2) is 10.9 Å². The molecule has 1 N–H and O–H groups in total. The van der Waals surface area contributed by atoms with E-state index in [0.29, 0.717) is 11.4 Å². The van der Waals surface area contributed by atoms with Gasteiger partial charge in [0.2, 0.25) is 0 Å². The third-order valence-electron chi connectivity index (χ3n) is 2.09. The quantitative estimate of drug-likeness (QED) is 0.924. The first-order chi connectivity index (χ1) is 8.16. The molecular weight excluding hydrogens is 287 g/mol. The number of hydrogen-bond donors (Lipinski definition) is 1. The predicted molar refractivity (Wildman–Crippen MR) is 66.3 cm³/mol. The van der Waals surface area contributed by atoms with E-state index in [1.54, 1.807) is 24.4 Å². The number of benzene rings is 1. The highest BCUT2D eigenvalue weighted by Gasteiger charge is 2.08. The number of aromatic nitrogens is 1. The molecule has 1 aromatic heterocycles. The number of halogens is 2. The number of anilines is 1. The van der Waals surface area contributed by atoms with Gasteiger partial charge in [0.15, 0.2) is 0 Å². The molecule has 1 amide bonds. The normalized spacial score (nSPS) is 10.0. The van der Waals surface area contributed by atoms with Gasteiger partial charge in [0.1, 0.15) is 11.6 Å². The number of rotatable bonds is 2. The monoisotopic (exact) mass is 294 g/mol. The minimum Gasteiger partial charge on any atom is -0.307 e. The van der Waals surface area contributed by atoms with Crippen LogP contribution in [0.2, 0.25) is 0 Å². The van der Waals surface area contributed by atoms with Crippen molar-refractivity contribution in [3.63, 3.8) is 0 Å². The highest BCUT2D eigenvalue weighted by molar-refractivity contribution is 9.10. The van der Waals surface area contributed by atoms with Crippen LogP contribution in [0.5, 0.6) is 0 Å². The highest BCUT2D eigenvalue weighted by Crippen LogP contribution is 2.17. The second kappa shape index (κ2) is 5.05. The summed E-state index contributed by atoms with van der Waals surface area (Å²) in [5, 5.41) is 2.61. The lowest BCUT2D eigenvalue weighted by Gasteiger charge is -2.04. The Kier molecular flexibility index (Phi) is 3.49. The molecule has 17 heavy (non-hydrogen) atoms. The lowest BCUT2D eigenvalue weighted by atomic mass is 10.2. The van der Waals surface area contributed by atoms with E-state index in [1.165, 1.54) is 18.2 Å². The number of amides is 1. The maximum atomic E-state index is 13.0. The Morgan fingerprint density at radius 3 is 2.76 bits per heavy atom. The van der Waals surface area contributed by atoms with E-state index in [-0.39, 0.29) is 10.4 Å². The summed E-state index contributed by atoms with van der Waals surface area (Å²) in [6.45, 7) is 0. The third kappa shape index (κ3) is 2.88. The molecule has 0 atom stereocenters. The fraction of sp³-hybridized carbons (Fsp3) is 0. The largest absolute Gasteiger partial charge is 0.307 e. The summed E-state index contributed by atoms with van der Waals surface area (Å²) in [5.74, 6) is -0.276. The molecule has 2 aromatic rings. The molecule has 0 aliphatic carbocycles. The Bertz CT molecular complexity index is 545. The Labute approximate surface area is 106 Å². The van der Waals surface area contributed by atoms with Gasteiger partial charge in [-0.1, -0.05) is 6.07 Å². The number of hydrogen-bond acceptors (Lipinski definition) is 2. The van der Waals surface area contributed by atoms with Crippen LogP contribution in [0.3, 0.4) is 0 Å². The number of carbonyl (C=O) groups is 1. The minimum absolute atomic E-state index is 0.256. The van der Waals surface area contributed by atoms with Gasteiger partial charge in [-0.3, -0.25) is 4.79 Å². The molecule has 0 unspecified atom stereocenters. The Morgan fingerprint density at radius 2 is 2.12 bits per heavy atom. The van der Waals surface area contributed by atoms with E-state index >= 15 is 0 Å². The maximum absolute atomic E-state index is 13.0. The van der Waals surface area contributed by atoms with Crippen molar-refractivity contribution in [3.8, 4) is 0 Å². The molecule has 2 rings (SSSR count). The first kappa shape index (κ1) is 11.7. The zero-order chi connectivity index (χ0) is 12.3. The fourth-order valence-corrected chi connectivity index (χ4v) is 1.64. The average molecular weight is 295 g/mol. The van der Waals surface area contributed by atoms with E-state index in [9.17, 15) is 9.18 Å². The first-order valence-electron chi connectivity index (χ1n) is 4.84. The van der Waals surface area contributed by atoms with Gasteiger partial charge in [0.25, 0.3) is 5.91 Å². The Balaban J connectivity index is 2.18. The van der Waals surface area contributed by atoms with Crippen molar-refractivity contribution in [3.05, 3.63) is 58.4 Å². The third-order valence-corrected chi connectivity index (χ3v) is 2.70. The fourth-order valence-electron chi connectivity index (χ4n) is 1.26. The van der Waals surface area contributed by atoms with Gasteiger partial charge in [-0.2, -0.15) is 0 Å². The van der Waals surface area contributed by atoms with Crippen molar-refractivity contribution >= 4 is 27.7 Å². The van der Waals surface area contributed by atoms with Crippen molar-refractivity contribution in [2.75, 3.05) is 5.32 Å². The molecule has 0 saturated carbocycles. The van der Waals surface area contributed by atoms with E-state index in [2.05, 4.69) is 26.2 Å². The average Bonchev–Trinajstić information content (AvgIpc) is 2.34. The van der Waals surface area contributed by atoms with Crippen molar-refractivity contribution < 1.29 is 9.18 Å². The summed E-state index contributed by atoms with van der Waals surface area (Å²) in [6.07, 6.45) is 1.58. The van der Waals surface area contributed by atoms with Crippen LogP contribution in [0.1, 0.15) is 10.4 Å². The molecule has 1 aromatic carbocycles. The van der Waals surface area contributed by atoms with Gasteiger partial charge in [-0.05, 0) is 46.3 Å². The molecule has 1 heterocycles. The van der Waals surface area contributed by atoms with Gasteiger partial charge in [-0.15, -0.1) is 0 Å². The maximum Gasteiger partial charge on any atom is 0.256 e. The van der Waals surface area contributed by atoms with Crippen molar-refractivity contribution in [1.29, 1.82) is 0 Å². The zero-order valence-corrected chi connectivity index (χ0v) is 10.2. The Morgan fingerprint density at radius 1 is 1.29 bits per heavy atom. The SMILES string of the molecule is O=C(Nc1ccccn1)c1ccc(F)c(Br)c1. The van der Waals surface area contributed by atoms with Crippen LogP contribution in [-0.2, 0) is 0 Å². The number of carbonyl (C=O) groups excluding carboxylic acids is 1. The van der Waals surface area contributed by atoms with Gasteiger partial charge >= 0.3 is 0 Å². The van der Waals surface area contributed by atoms with Crippen LogP contribution in [0.15, 0.2) is 47.1 Å². The number of nitrogens with one attached hydrogen (secondary N) is 1. The summed E-state index contributed by atoms with van der Waals surface area (Å²) in [7, 11) is 0. The van der Waals surface area contributed by atoms with Crippen LogP contribution < -0.4 is 5.32 Å². The van der Waals surface area contributed by atoms with E-state index in [0.717, 1.165) is 0 Å². The lowest BCUT2D eigenvalue weighted by molar-refractivity contribution is 0.102. The summed E-state index contributed by atoms with van der Waals surface area (Å²) in [5.41, 5.74) is 0.365. The molecule has 0 fully saturated rings. The van der Waals surface area contributed by atoms with Crippen LogP contribution in [0, 0.1) is 5.82 Å². The molecule has 0 radical (unpaired) electrons. The zero-order valence-electron chi connectivity index (χ0n) is 8.65. The number of nitrogens with zero attached hydrogens (tertiary/aromatic N) is 1. The minimum atomic E-state index is -0.403. The smallest absolute Gasteiger partial charge is 0.256 e. The summed E-state index contributed by atoms with van der Waals surface area (Å²) in [6, 6.07) is 9.27. The first-order valence-corrected chi connectivity index (χ1v) is 5.63. The van der Waals surface area contributed by atoms with Gasteiger partial charge in [-0.25, -0.2) is 9.37 Å². The molecule has 0 saturated heterocycles. The standard InChI is InChI=1S/C12H8BrFN2O/c13-9-7-8(4-5-10(9)14)12(17)16-11-3-1-2-6-15-11/h1-7H,(H,15,16,17). The number of pyridine rings is 1. The predicted octanol–water partition coefficient (Wildman–Crippen LogP) is 3.24. The van der Waals surface area contributed by atoms with Crippen molar-refractivity contribution in [1.82, 2.24) is 4.98 Å². The molecule has 0 spiro atoms. The Hall–Kier alpha value is -1.75. The van der Waals surface area contributed by atoms with Crippen molar-refractivity contribution in [2.45, 2.75) is 0 Å². The van der Waals surface area contributed by atoms with Crippen LogP contribution in [0.4, 0.5) is 10.2 Å². The second-order valence-corrected chi connectivity index (χ2v) is 4.15. The highest BCUT2D eigenvalue weighted by atomic mass is 79.9. The summed E-state index contributed by atoms with van der Waals surface area (Å²) >= 11 is 3.03. The van der Waals surface area contributed by atoms with Crippen LogP contribution >= 0.6 is 15.9 Å². The topological polar surface area (TPSA) is 42.0 Å². The van der Waals surface area contributed by atoms with E-state index in [4.69, 9.17) is 0 Å². The summed E-state index contributed by atoms with van der Waals surface area (Å²) in [4.78, 5) is 15.7. The molecule has 5 heteroatoms. The van der Waals surface area contributed by atoms with Gasteiger partial charge in [0.05, 0.1) is 4.47 Å². The van der Waals surface area contributed by atoms with E-state index < -0.39 is 5.82 Å². The second-order valence-electron chi connectivity index (χ2n) is 3.30. The van der Waals surface area contributed by atoms with E-state index in [1.807, 2.05) is 0 Å². The lowest BCUT2D eigenvalue weighted by Crippen LogP contribution is -2.12. The van der Waals surface area contributed by atoms with Crippen LogP contribution in [0.25, 0.3) is 0 Å². The van der Waals surface area contributed by atoms with Gasteiger partial charge < -0.3 is 5.32 Å². The molecule has 86 valence electrons. The summed E-state index contributed by atoms with van der Waals surface area (Å²) < 4.78 is 13.3. The van der Waals surface area contributed by atoms with Gasteiger partial charge in [0, 0.05) is 11.8 Å². The van der Waals surface area contributed by atoms with Crippen molar-refractivity contribution in [2.24, 2.45) is 0 Å². The molecule has 0 aliphatic rings. The molecule has 0 aliphatic heterocycles. The molecule has 0 bridgehead atoms. The molecule has 3 nitrogen and oxygen atoms in total.